The summed E-state index contributed by atoms with van der Waals surface area (Å²) in [6.45, 7) is 0.606. The zero-order chi connectivity index (χ0) is 13.3. The van der Waals surface area contributed by atoms with Gasteiger partial charge in [0.05, 0.1) is 13.2 Å². The van der Waals surface area contributed by atoms with Crippen molar-refractivity contribution in [3.05, 3.63) is 29.8 Å². The number of aliphatic hydroxyl groups is 1. The van der Waals surface area contributed by atoms with Gasteiger partial charge in [-0.1, -0.05) is 25.0 Å². The number of nitrogens with one attached hydrogen (secondary N) is 1. The Bertz CT molecular complexity index is 434. The molecule has 1 aliphatic carbocycles. The summed E-state index contributed by atoms with van der Waals surface area (Å²) in [6, 6.07) is 7.87. The first-order valence-corrected chi connectivity index (χ1v) is 6.96. The minimum Gasteiger partial charge on any atom is -0.497 e. The van der Waals surface area contributed by atoms with Crippen molar-refractivity contribution < 1.29 is 14.6 Å². The summed E-state index contributed by atoms with van der Waals surface area (Å²) < 4.78 is 11.2. The largest absolute Gasteiger partial charge is 0.497 e. The van der Waals surface area contributed by atoms with E-state index in [4.69, 9.17) is 9.47 Å². The minimum absolute atomic E-state index is 0.0467. The van der Waals surface area contributed by atoms with Gasteiger partial charge in [0.15, 0.2) is 0 Å². The molecule has 3 rings (SSSR count). The van der Waals surface area contributed by atoms with Crippen LogP contribution in [0, 0.1) is 0 Å². The van der Waals surface area contributed by atoms with Crippen molar-refractivity contribution >= 4 is 0 Å². The monoisotopic (exact) mass is 263 g/mol. The van der Waals surface area contributed by atoms with E-state index in [1.165, 1.54) is 0 Å². The molecular weight excluding hydrogens is 242 g/mol. The smallest absolute Gasteiger partial charge is 0.134 e. The lowest BCUT2D eigenvalue weighted by atomic mass is 9.81. The number of rotatable bonds is 2. The molecule has 0 unspecified atom stereocenters. The summed E-state index contributed by atoms with van der Waals surface area (Å²) >= 11 is 0. The fraction of sp³-hybridized carbons (Fsp3) is 0.600. The quantitative estimate of drug-likeness (QED) is 0.856. The highest BCUT2D eigenvalue weighted by Crippen LogP contribution is 2.36. The maximum Gasteiger partial charge on any atom is 0.134 e. The summed E-state index contributed by atoms with van der Waals surface area (Å²) in [5.74, 6) is 0.841. The number of fused-ring (bicyclic) bond motifs is 1. The number of hydrogen-bond donors (Lipinski definition) is 2. The molecule has 0 spiro atoms. The Morgan fingerprint density at radius 3 is 2.84 bits per heavy atom. The molecule has 3 atom stereocenters. The fourth-order valence-corrected chi connectivity index (χ4v) is 3.04. The van der Waals surface area contributed by atoms with Crippen LogP contribution in [0.2, 0.25) is 0 Å². The average Bonchev–Trinajstić information content (AvgIpc) is 2.46. The highest BCUT2D eigenvalue weighted by atomic mass is 16.5. The molecule has 4 nitrogen and oxygen atoms in total. The number of methoxy groups -OCH3 is 1. The standard InChI is InChI=1S/C15H21NO3/c1-18-12-7-5-11(6-8-12)14-16-10-15(17)9-3-2-4-13(15)19-14/h5-8,13-14,16-17H,2-4,9-10H2,1H3/t13-,14+,15-/m1/s1. The van der Waals surface area contributed by atoms with Gasteiger partial charge in [0.25, 0.3) is 0 Å². The SMILES string of the molecule is COc1ccc([C@H]2NC[C@]3(O)CCCC[C@H]3O2)cc1. The van der Waals surface area contributed by atoms with Crippen LogP contribution in [-0.4, -0.2) is 30.5 Å². The van der Waals surface area contributed by atoms with Crippen LogP contribution in [0.5, 0.6) is 5.75 Å². The molecule has 19 heavy (non-hydrogen) atoms. The van der Waals surface area contributed by atoms with Crippen molar-refractivity contribution in [1.29, 1.82) is 0 Å². The molecule has 0 bridgehead atoms. The summed E-state index contributed by atoms with van der Waals surface area (Å²) in [6.07, 6.45) is 3.84. The van der Waals surface area contributed by atoms with Gasteiger partial charge >= 0.3 is 0 Å². The second-order valence-corrected chi connectivity index (χ2v) is 5.51. The van der Waals surface area contributed by atoms with Crippen LogP contribution in [0.15, 0.2) is 24.3 Å². The number of hydrogen-bond acceptors (Lipinski definition) is 4. The van der Waals surface area contributed by atoms with Gasteiger partial charge in [-0.15, -0.1) is 0 Å². The van der Waals surface area contributed by atoms with Crippen molar-refractivity contribution in [1.82, 2.24) is 5.32 Å². The molecule has 0 aromatic heterocycles. The predicted molar refractivity (Wildman–Crippen MR) is 72.0 cm³/mol. The molecule has 1 saturated heterocycles. The van der Waals surface area contributed by atoms with Crippen molar-refractivity contribution in [2.45, 2.75) is 43.6 Å². The third-order valence-electron chi connectivity index (χ3n) is 4.24. The van der Waals surface area contributed by atoms with Crippen molar-refractivity contribution in [2.24, 2.45) is 0 Å². The first kappa shape index (κ1) is 12.9. The van der Waals surface area contributed by atoms with E-state index in [-0.39, 0.29) is 12.3 Å². The van der Waals surface area contributed by atoms with E-state index in [2.05, 4.69) is 5.32 Å². The Balaban J connectivity index is 1.73. The molecule has 0 amide bonds. The molecule has 0 radical (unpaired) electrons. The Morgan fingerprint density at radius 2 is 2.11 bits per heavy atom. The van der Waals surface area contributed by atoms with Gasteiger partial charge in [0.2, 0.25) is 0 Å². The Labute approximate surface area is 113 Å². The van der Waals surface area contributed by atoms with Crippen LogP contribution in [0.3, 0.4) is 0 Å². The maximum absolute atomic E-state index is 10.5. The molecule has 104 valence electrons. The van der Waals surface area contributed by atoms with Crippen LogP contribution in [-0.2, 0) is 4.74 Å². The number of ether oxygens (including phenoxy) is 2. The molecular formula is C15H21NO3. The third-order valence-corrected chi connectivity index (χ3v) is 4.24. The van der Waals surface area contributed by atoms with Crippen LogP contribution in [0.25, 0.3) is 0 Å². The van der Waals surface area contributed by atoms with Gasteiger partial charge < -0.3 is 14.6 Å². The summed E-state index contributed by atoms with van der Waals surface area (Å²) in [7, 11) is 1.66. The zero-order valence-corrected chi connectivity index (χ0v) is 11.3. The molecule has 1 saturated carbocycles. The van der Waals surface area contributed by atoms with Gasteiger partial charge in [0.1, 0.15) is 17.6 Å². The fourth-order valence-electron chi connectivity index (χ4n) is 3.04. The molecule has 1 heterocycles. The summed E-state index contributed by atoms with van der Waals surface area (Å²) in [4.78, 5) is 0. The van der Waals surface area contributed by atoms with Crippen LogP contribution in [0.4, 0.5) is 0 Å². The topological polar surface area (TPSA) is 50.7 Å². The maximum atomic E-state index is 10.5. The second kappa shape index (κ2) is 5.12. The minimum atomic E-state index is -0.679. The van der Waals surface area contributed by atoms with E-state index in [1.807, 2.05) is 24.3 Å². The van der Waals surface area contributed by atoms with E-state index < -0.39 is 5.60 Å². The molecule has 1 aliphatic heterocycles. The van der Waals surface area contributed by atoms with E-state index in [0.717, 1.165) is 37.0 Å². The molecule has 1 aromatic carbocycles. The Kier molecular flexibility index (Phi) is 3.48. The molecule has 4 heteroatoms. The summed E-state index contributed by atoms with van der Waals surface area (Å²) in [5.41, 5.74) is 0.398. The zero-order valence-electron chi connectivity index (χ0n) is 11.3. The van der Waals surface area contributed by atoms with Gasteiger partial charge in [-0.3, -0.25) is 5.32 Å². The van der Waals surface area contributed by atoms with E-state index >= 15 is 0 Å². The predicted octanol–water partition coefficient (Wildman–Crippen LogP) is 1.99. The first-order valence-electron chi connectivity index (χ1n) is 6.96. The summed E-state index contributed by atoms with van der Waals surface area (Å²) in [5, 5.41) is 13.8. The highest BCUT2D eigenvalue weighted by Gasteiger charge is 2.44. The molecule has 2 N–H and O–H groups in total. The first-order chi connectivity index (χ1) is 9.21. The second-order valence-electron chi connectivity index (χ2n) is 5.51. The lowest BCUT2D eigenvalue weighted by molar-refractivity contribution is -0.195. The molecule has 2 fully saturated rings. The normalized spacial score (nSPS) is 34.6. The van der Waals surface area contributed by atoms with Crippen molar-refractivity contribution in [2.75, 3.05) is 13.7 Å². The van der Waals surface area contributed by atoms with E-state index in [0.29, 0.717) is 6.54 Å². The van der Waals surface area contributed by atoms with E-state index in [1.54, 1.807) is 7.11 Å². The van der Waals surface area contributed by atoms with Gasteiger partial charge in [-0.2, -0.15) is 0 Å². The number of β-amino-alcohol motifs (C(OH)–C–C–N with tert-alkyl or cyclic N) is 1. The highest BCUT2D eigenvalue weighted by molar-refractivity contribution is 5.28. The number of benzene rings is 1. The van der Waals surface area contributed by atoms with E-state index in [9.17, 15) is 5.11 Å². The Morgan fingerprint density at radius 1 is 1.32 bits per heavy atom. The lowest BCUT2D eigenvalue weighted by Crippen LogP contribution is -2.59. The van der Waals surface area contributed by atoms with Gasteiger partial charge in [-0.25, -0.2) is 0 Å². The van der Waals surface area contributed by atoms with Crippen molar-refractivity contribution in [3.8, 4) is 5.75 Å². The Hall–Kier alpha value is -1.10. The van der Waals surface area contributed by atoms with Crippen molar-refractivity contribution in [3.63, 3.8) is 0 Å². The third kappa shape index (κ3) is 2.48. The van der Waals surface area contributed by atoms with Gasteiger partial charge in [-0.05, 0) is 30.5 Å². The van der Waals surface area contributed by atoms with Gasteiger partial charge in [0, 0.05) is 6.54 Å². The average molecular weight is 263 g/mol. The lowest BCUT2D eigenvalue weighted by Gasteiger charge is -2.46. The van der Waals surface area contributed by atoms with Crippen LogP contribution < -0.4 is 10.1 Å². The van der Waals surface area contributed by atoms with Crippen LogP contribution >= 0.6 is 0 Å². The van der Waals surface area contributed by atoms with Crippen LogP contribution in [0.1, 0.15) is 37.5 Å². The molecule has 1 aromatic rings. The molecule has 2 aliphatic rings.